The van der Waals surface area contributed by atoms with E-state index in [1.54, 1.807) is 0 Å². The number of rotatable bonds is 2. The molecule has 1 atom stereocenters. The smallest absolute Gasteiger partial charge is 0.172 e. The van der Waals surface area contributed by atoms with Crippen LogP contribution in [-0.2, 0) is 0 Å². The van der Waals surface area contributed by atoms with Crippen LogP contribution >= 0.6 is 11.8 Å². The highest BCUT2D eigenvalue weighted by Crippen LogP contribution is 2.28. The van der Waals surface area contributed by atoms with Crippen LogP contribution in [0.5, 0.6) is 0 Å². The Morgan fingerprint density at radius 3 is 3.00 bits per heavy atom. The monoisotopic (exact) mass is 265 g/mol. The Balaban J connectivity index is 2.44. The fourth-order valence-corrected chi connectivity index (χ4v) is 3.25. The molecule has 0 aliphatic carbocycles. The van der Waals surface area contributed by atoms with Crippen molar-refractivity contribution in [3.63, 3.8) is 0 Å². The van der Waals surface area contributed by atoms with Crippen molar-refractivity contribution >= 4 is 23.3 Å². The summed E-state index contributed by atoms with van der Waals surface area (Å²) in [4.78, 5) is 2.34. The Morgan fingerprint density at radius 1 is 1.56 bits per heavy atom. The minimum atomic E-state index is 0.176. The zero-order chi connectivity index (χ0) is 13.1. The Bertz CT molecular complexity index is 462. The topological polar surface area (TPSA) is 61.9 Å². The molecule has 18 heavy (non-hydrogen) atoms. The lowest BCUT2D eigenvalue weighted by atomic mass is 10.1. The Kier molecular flexibility index (Phi) is 4.01. The molecule has 0 spiro atoms. The maximum Gasteiger partial charge on any atom is 0.172 e. The Labute approximate surface area is 112 Å². The second-order valence-corrected chi connectivity index (χ2v) is 5.77. The molecule has 1 aliphatic rings. The van der Waals surface area contributed by atoms with Crippen molar-refractivity contribution in [3.8, 4) is 0 Å². The molecule has 0 amide bonds. The van der Waals surface area contributed by atoms with Gasteiger partial charge in [-0.25, -0.2) is 0 Å². The van der Waals surface area contributed by atoms with Gasteiger partial charge in [0.2, 0.25) is 0 Å². The van der Waals surface area contributed by atoms with Crippen LogP contribution in [0.3, 0.4) is 0 Å². The number of oxime groups is 1. The van der Waals surface area contributed by atoms with E-state index in [0.29, 0.717) is 6.04 Å². The third-order valence-electron chi connectivity index (χ3n) is 3.21. The number of hydrogen-bond acceptors (Lipinski definition) is 4. The molecule has 0 aromatic heterocycles. The van der Waals surface area contributed by atoms with E-state index in [4.69, 9.17) is 10.9 Å². The molecule has 1 aliphatic heterocycles. The fourth-order valence-electron chi connectivity index (χ4n) is 2.23. The molecule has 3 N–H and O–H groups in total. The number of amidine groups is 1. The van der Waals surface area contributed by atoms with Crippen molar-refractivity contribution < 1.29 is 5.21 Å². The van der Waals surface area contributed by atoms with Gasteiger partial charge in [-0.2, -0.15) is 11.8 Å². The van der Waals surface area contributed by atoms with Gasteiger partial charge in [-0.15, -0.1) is 0 Å². The van der Waals surface area contributed by atoms with E-state index >= 15 is 0 Å². The van der Waals surface area contributed by atoms with Gasteiger partial charge in [0.25, 0.3) is 0 Å². The number of nitrogens with zero attached hydrogens (tertiary/aromatic N) is 2. The SMILES string of the molecule is Cc1ccc(C(N)=NO)c(N2CCSCC2C)c1. The van der Waals surface area contributed by atoms with Gasteiger partial charge in [0, 0.05) is 35.3 Å². The van der Waals surface area contributed by atoms with Crippen molar-refractivity contribution in [2.24, 2.45) is 10.9 Å². The van der Waals surface area contributed by atoms with E-state index in [1.165, 1.54) is 5.56 Å². The minimum Gasteiger partial charge on any atom is -0.409 e. The largest absolute Gasteiger partial charge is 0.409 e. The van der Waals surface area contributed by atoms with E-state index in [0.717, 1.165) is 29.3 Å². The minimum absolute atomic E-state index is 0.176. The normalized spacial score (nSPS) is 21.1. The highest BCUT2D eigenvalue weighted by molar-refractivity contribution is 7.99. The fraction of sp³-hybridized carbons (Fsp3) is 0.462. The van der Waals surface area contributed by atoms with Crippen molar-refractivity contribution in [1.29, 1.82) is 0 Å². The molecule has 0 bridgehead atoms. The van der Waals surface area contributed by atoms with Crippen LogP contribution in [0, 0.1) is 6.92 Å². The van der Waals surface area contributed by atoms with Crippen LogP contribution in [0.2, 0.25) is 0 Å². The predicted octanol–water partition coefficient (Wildman–Crippen LogP) is 2.03. The highest BCUT2D eigenvalue weighted by atomic mass is 32.2. The molecule has 98 valence electrons. The zero-order valence-corrected chi connectivity index (χ0v) is 11.6. The summed E-state index contributed by atoms with van der Waals surface area (Å²) in [6.07, 6.45) is 0. The van der Waals surface area contributed by atoms with Gasteiger partial charge in [-0.1, -0.05) is 11.2 Å². The first kappa shape index (κ1) is 13.1. The van der Waals surface area contributed by atoms with Gasteiger partial charge in [0.05, 0.1) is 0 Å². The number of nitrogens with two attached hydrogens (primary N) is 1. The molecule has 0 saturated carbocycles. The first-order valence-corrected chi connectivity index (χ1v) is 7.22. The first-order valence-electron chi connectivity index (χ1n) is 6.06. The number of anilines is 1. The van der Waals surface area contributed by atoms with Gasteiger partial charge < -0.3 is 15.8 Å². The van der Waals surface area contributed by atoms with Crippen LogP contribution in [0.15, 0.2) is 23.4 Å². The summed E-state index contributed by atoms with van der Waals surface area (Å²) in [7, 11) is 0. The first-order chi connectivity index (χ1) is 8.63. The molecule has 1 aromatic rings. The lowest BCUT2D eigenvalue weighted by Crippen LogP contribution is -2.41. The standard InChI is InChI=1S/C13H19N3OS/c1-9-3-4-11(13(14)15-17)12(7-9)16-5-6-18-8-10(16)2/h3-4,7,10,17H,5-6,8H2,1-2H3,(H2,14,15). The van der Waals surface area contributed by atoms with Crippen molar-refractivity contribution in [2.75, 3.05) is 23.0 Å². The predicted molar refractivity (Wildman–Crippen MR) is 77.8 cm³/mol. The number of thioether (sulfide) groups is 1. The van der Waals surface area contributed by atoms with E-state index < -0.39 is 0 Å². The molecule has 1 fully saturated rings. The third-order valence-corrected chi connectivity index (χ3v) is 4.40. The summed E-state index contributed by atoms with van der Waals surface area (Å²) in [5.74, 6) is 2.41. The Morgan fingerprint density at radius 2 is 2.33 bits per heavy atom. The molecule has 5 heteroatoms. The maximum atomic E-state index is 8.89. The van der Waals surface area contributed by atoms with Crippen LogP contribution in [-0.4, -0.2) is 35.1 Å². The Hall–Kier alpha value is -1.36. The van der Waals surface area contributed by atoms with Gasteiger partial charge >= 0.3 is 0 Å². The summed E-state index contributed by atoms with van der Waals surface area (Å²) in [6, 6.07) is 6.49. The molecule has 1 heterocycles. The maximum absolute atomic E-state index is 8.89. The molecule has 4 nitrogen and oxygen atoms in total. The lowest BCUT2D eigenvalue weighted by Gasteiger charge is -2.36. The van der Waals surface area contributed by atoms with Crippen LogP contribution in [0.25, 0.3) is 0 Å². The summed E-state index contributed by atoms with van der Waals surface area (Å²) < 4.78 is 0. The zero-order valence-electron chi connectivity index (χ0n) is 10.8. The van der Waals surface area contributed by atoms with Gasteiger partial charge in [0.15, 0.2) is 5.84 Å². The van der Waals surface area contributed by atoms with Crippen molar-refractivity contribution in [2.45, 2.75) is 19.9 Å². The van der Waals surface area contributed by atoms with Crippen LogP contribution in [0.4, 0.5) is 5.69 Å². The second-order valence-electron chi connectivity index (χ2n) is 4.62. The second kappa shape index (κ2) is 5.52. The van der Waals surface area contributed by atoms with E-state index in [1.807, 2.05) is 23.9 Å². The molecule has 1 unspecified atom stereocenters. The molecular formula is C13H19N3OS. The highest BCUT2D eigenvalue weighted by Gasteiger charge is 2.22. The summed E-state index contributed by atoms with van der Waals surface area (Å²) in [6.45, 7) is 5.27. The number of aryl methyl sites for hydroxylation is 1. The molecule has 0 radical (unpaired) electrons. The summed E-state index contributed by atoms with van der Waals surface area (Å²) in [5, 5.41) is 12.0. The lowest BCUT2D eigenvalue weighted by molar-refractivity contribution is 0.318. The quantitative estimate of drug-likeness (QED) is 0.372. The van der Waals surface area contributed by atoms with Crippen LogP contribution in [0.1, 0.15) is 18.1 Å². The number of benzene rings is 1. The van der Waals surface area contributed by atoms with Gasteiger partial charge in [-0.3, -0.25) is 0 Å². The van der Waals surface area contributed by atoms with Crippen molar-refractivity contribution in [3.05, 3.63) is 29.3 Å². The number of hydrogen-bond donors (Lipinski definition) is 2. The summed E-state index contributed by atoms with van der Waals surface area (Å²) >= 11 is 1.97. The van der Waals surface area contributed by atoms with Gasteiger partial charge in [0.1, 0.15) is 0 Å². The molecule has 1 aromatic carbocycles. The molecule has 1 saturated heterocycles. The third kappa shape index (κ3) is 2.56. The van der Waals surface area contributed by atoms with Crippen LogP contribution < -0.4 is 10.6 Å². The molecular weight excluding hydrogens is 246 g/mol. The summed E-state index contributed by atoms with van der Waals surface area (Å²) in [5.41, 5.74) is 8.83. The van der Waals surface area contributed by atoms with Gasteiger partial charge in [-0.05, 0) is 31.5 Å². The van der Waals surface area contributed by atoms with Crippen molar-refractivity contribution in [1.82, 2.24) is 0 Å². The molecule has 2 rings (SSSR count). The van der Waals surface area contributed by atoms with E-state index in [-0.39, 0.29) is 5.84 Å². The average molecular weight is 265 g/mol. The van der Waals surface area contributed by atoms with E-state index in [2.05, 4.69) is 30.0 Å². The average Bonchev–Trinajstić information content (AvgIpc) is 2.38. The van der Waals surface area contributed by atoms with E-state index in [9.17, 15) is 0 Å².